The Labute approximate surface area is 189 Å². The highest BCUT2D eigenvalue weighted by molar-refractivity contribution is 5.89. The number of nitrogens with one attached hydrogen (secondary N) is 2. The normalized spacial score (nSPS) is 13.8. The zero-order valence-electron chi connectivity index (χ0n) is 19.1. The third-order valence-electron chi connectivity index (χ3n) is 5.51. The van der Waals surface area contributed by atoms with E-state index in [1.807, 2.05) is 56.0 Å². The molecule has 0 radical (unpaired) electrons. The second-order valence-corrected chi connectivity index (χ2v) is 8.46. The fourth-order valence-corrected chi connectivity index (χ4v) is 3.92. The average Bonchev–Trinajstić information content (AvgIpc) is 2.74. The van der Waals surface area contributed by atoms with Gasteiger partial charge >= 0.3 is 6.03 Å². The van der Waals surface area contributed by atoms with E-state index in [2.05, 4.69) is 45.6 Å². The molecule has 0 saturated carbocycles. The van der Waals surface area contributed by atoms with Gasteiger partial charge in [0.15, 0.2) is 0 Å². The minimum Gasteiger partial charge on any atom is -0.353 e. The molecule has 0 spiro atoms. The summed E-state index contributed by atoms with van der Waals surface area (Å²) in [6, 6.07) is 16.2. The van der Waals surface area contributed by atoms with Gasteiger partial charge in [0, 0.05) is 49.3 Å². The summed E-state index contributed by atoms with van der Waals surface area (Å²) >= 11 is 0. The molecule has 1 aliphatic heterocycles. The molecule has 32 heavy (non-hydrogen) atoms. The first-order valence-electron chi connectivity index (χ1n) is 10.9. The van der Waals surface area contributed by atoms with Gasteiger partial charge in [-0.3, -0.25) is 0 Å². The lowest BCUT2D eigenvalue weighted by Gasteiger charge is -2.35. The quantitative estimate of drug-likeness (QED) is 0.622. The summed E-state index contributed by atoms with van der Waals surface area (Å²) in [6.07, 6.45) is 0. The van der Waals surface area contributed by atoms with Gasteiger partial charge in [0.05, 0.1) is 0 Å². The predicted octanol–water partition coefficient (Wildman–Crippen LogP) is 4.81. The number of amides is 2. The van der Waals surface area contributed by atoms with E-state index in [9.17, 15) is 4.79 Å². The predicted molar refractivity (Wildman–Crippen MR) is 130 cm³/mol. The molecule has 0 bridgehead atoms. The van der Waals surface area contributed by atoms with Crippen molar-refractivity contribution in [1.29, 1.82) is 0 Å². The Morgan fingerprint density at radius 3 is 2.09 bits per heavy atom. The van der Waals surface area contributed by atoms with Gasteiger partial charge in [-0.1, -0.05) is 23.8 Å². The van der Waals surface area contributed by atoms with Crippen LogP contribution in [-0.4, -0.2) is 47.1 Å². The molecule has 7 heteroatoms. The lowest BCUT2D eigenvalue weighted by molar-refractivity contribution is 0.208. The highest BCUT2D eigenvalue weighted by atomic mass is 16.2. The number of aromatic nitrogens is 2. The Balaban J connectivity index is 1.38. The standard InChI is InChI=1S/C25H30N6O/c1-17-5-7-21(8-6-17)27-24-26-20(4)16-23(29-24)30-9-11-31(12-10-30)25(32)28-22-14-18(2)13-19(3)15-22/h5-8,13-16H,9-12H2,1-4H3,(H,28,32)(H,26,27,29). The molecule has 0 aliphatic carbocycles. The van der Waals surface area contributed by atoms with E-state index in [1.54, 1.807) is 0 Å². The van der Waals surface area contributed by atoms with Crippen molar-refractivity contribution < 1.29 is 4.79 Å². The number of urea groups is 1. The first-order chi connectivity index (χ1) is 15.4. The van der Waals surface area contributed by atoms with E-state index < -0.39 is 0 Å². The minimum absolute atomic E-state index is 0.0600. The van der Waals surface area contributed by atoms with E-state index >= 15 is 0 Å². The van der Waals surface area contributed by atoms with Crippen LogP contribution in [-0.2, 0) is 0 Å². The fraction of sp³-hybridized carbons (Fsp3) is 0.320. The third-order valence-corrected chi connectivity index (χ3v) is 5.51. The van der Waals surface area contributed by atoms with Crippen molar-refractivity contribution >= 4 is 29.2 Å². The molecule has 0 unspecified atom stereocenters. The van der Waals surface area contributed by atoms with Crippen LogP contribution in [0.15, 0.2) is 48.5 Å². The topological polar surface area (TPSA) is 73.4 Å². The molecule has 166 valence electrons. The fourth-order valence-electron chi connectivity index (χ4n) is 3.92. The number of carbonyl (C=O) groups is 1. The number of aryl methyl sites for hydroxylation is 4. The zero-order chi connectivity index (χ0) is 22.7. The van der Waals surface area contributed by atoms with Gasteiger partial charge in [0.1, 0.15) is 5.82 Å². The van der Waals surface area contributed by atoms with Gasteiger partial charge < -0.3 is 20.4 Å². The minimum atomic E-state index is -0.0600. The van der Waals surface area contributed by atoms with Crippen molar-refractivity contribution in [3.63, 3.8) is 0 Å². The molecule has 3 aromatic rings. The second-order valence-electron chi connectivity index (χ2n) is 8.46. The number of nitrogens with zero attached hydrogens (tertiary/aromatic N) is 4. The molecule has 1 aliphatic rings. The van der Waals surface area contributed by atoms with Crippen LogP contribution in [0.3, 0.4) is 0 Å². The number of hydrogen-bond donors (Lipinski definition) is 2. The Bertz CT molecular complexity index is 1080. The summed E-state index contributed by atoms with van der Waals surface area (Å²) in [5.74, 6) is 1.46. The van der Waals surface area contributed by atoms with Crippen LogP contribution in [0.5, 0.6) is 0 Å². The van der Waals surface area contributed by atoms with Crippen LogP contribution in [0.4, 0.5) is 27.9 Å². The Hall–Kier alpha value is -3.61. The van der Waals surface area contributed by atoms with Crippen LogP contribution in [0, 0.1) is 27.7 Å². The summed E-state index contributed by atoms with van der Waals surface area (Å²) in [6.45, 7) is 10.8. The summed E-state index contributed by atoms with van der Waals surface area (Å²) < 4.78 is 0. The van der Waals surface area contributed by atoms with Gasteiger partial charge in [-0.2, -0.15) is 4.98 Å². The van der Waals surface area contributed by atoms with Gasteiger partial charge in [-0.05, 0) is 63.1 Å². The van der Waals surface area contributed by atoms with Gasteiger partial charge in [0.2, 0.25) is 5.95 Å². The summed E-state index contributed by atoms with van der Waals surface area (Å²) in [5, 5.41) is 6.32. The van der Waals surface area contributed by atoms with Crippen LogP contribution >= 0.6 is 0 Å². The molecule has 2 heterocycles. The Morgan fingerprint density at radius 2 is 1.44 bits per heavy atom. The molecular weight excluding hydrogens is 400 g/mol. The van der Waals surface area contributed by atoms with Crippen molar-refractivity contribution in [2.24, 2.45) is 0 Å². The van der Waals surface area contributed by atoms with Crippen molar-refractivity contribution in [1.82, 2.24) is 14.9 Å². The molecule has 4 rings (SSSR count). The van der Waals surface area contributed by atoms with Crippen molar-refractivity contribution in [3.05, 3.63) is 70.9 Å². The molecule has 7 nitrogen and oxygen atoms in total. The number of rotatable bonds is 4. The summed E-state index contributed by atoms with van der Waals surface area (Å²) in [5.41, 5.74) is 6.19. The van der Waals surface area contributed by atoms with E-state index in [0.29, 0.717) is 19.0 Å². The lowest BCUT2D eigenvalue weighted by Crippen LogP contribution is -2.50. The average molecular weight is 431 g/mol. The number of benzene rings is 2. The Morgan fingerprint density at radius 1 is 0.781 bits per heavy atom. The number of anilines is 4. The van der Waals surface area contributed by atoms with E-state index in [0.717, 1.165) is 47.1 Å². The van der Waals surface area contributed by atoms with E-state index in [-0.39, 0.29) is 6.03 Å². The highest BCUT2D eigenvalue weighted by Gasteiger charge is 2.22. The Kier molecular flexibility index (Phi) is 6.25. The molecule has 1 aromatic heterocycles. The third kappa shape index (κ3) is 5.35. The number of carbonyl (C=O) groups excluding carboxylic acids is 1. The van der Waals surface area contributed by atoms with Crippen molar-refractivity contribution in [2.45, 2.75) is 27.7 Å². The number of hydrogen-bond acceptors (Lipinski definition) is 5. The lowest BCUT2D eigenvalue weighted by atomic mass is 10.1. The smallest absolute Gasteiger partial charge is 0.321 e. The van der Waals surface area contributed by atoms with E-state index in [1.165, 1.54) is 5.56 Å². The van der Waals surface area contributed by atoms with Gasteiger partial charge in [-0.15, -0.1) is 0 Å². The largest absolute Gasteiger partial charge is 0.353 e. The van der Waals surface area contributed by atoms with Crippen LogP contribution in [0.25, 0.3) is 0 Å². The molecule has 1 fully saturated rings. The molecule has 0 atom stereocenters. The van der Waals surface area contributed by atoms with Crippen LogP contribution in [0.2, 0.25) is 0 Å². The maximum Gasteiger partial charge on any atom is 0.321 e. The zero-order valence-corrected chi connectivity index (χ0v) is 19.1. The first-order valence-corrected chi connectivity index (χ1v) is 10.9. The molecule has 2 amide bonds. The van der Waals surface area contributed by atoms with Crippen molar-refractivity contribution in [2.75, 3.05) is 41.7 Å². The maximum atomic E-state index is 12.7. The van der Waals surface area contributed by atoms with Crippen LogP contribution in [0.1, 0.15) is 22.4 Å². The van der Waals surface area contributed by atoms with E-state index in [4.69, 9.17) is 4.98 Å². The monoisotopic (exact) mass is 430 g/mol. The molecular formula is C25H30N6O. The second kappa shape index (κ2) is 9.26. The summed E-state index contributed by atoms with van der Waals surface area (Å²) in [4.78, 5) is 26.0. The summed E-state index contributed by atoms with van der Waals surface area (Å²) in [7, 11) is 0. The number of piperazine rings is 1. The SMILES string of the molecule is Cc1ccc(Nc2nc(C)cc(N3CCN(C(=O)Nc4cc(C)cc(C)c4)CC3)n2)cc1. The molecule has 2 aromatic carbocycles. The highest BCUT2D eigenvalue weighted by Crippen LogP contribution is 2.21. The van der Waals surface area contributed by atoms with Crippen molar-refractivity contribution in [3.8, 4) is 0 Å². The van der Waals surface area contributed by atoms with Crippen LogP contribution < -0.4 is 15.5 Å². The molecule has 1 saturated heterocycles. The van der Waals surface area contributed by atoms with Gasteiger partial charge in [0.25, 0.3) is 0 Å². The van der Waals surface area contributed by atoms with Gasteiger partial charge in [-0.25, -0.2) is 9.78 Å². The maximum absolute atomic E-state index is 12.7. The first kappa shape index (κ1) is 21.6. The molecule has 2 N–H and O–H groups in total.